The van der Waals surface area contributed by atoms with Crippen LogP contribution in [0.3, 0.4) is 0 Å². The average Bonchev–Trinajstić information content (AvgIpc) is 1.97. The Morgan fingerprint density at radius 1 is 0.323 bits per heavy atom. The third kappa shape index (κ3) is 78.1. The Bertz CT molecular complexity index is 2280. The van der Waals surface area contributed by atoms with Crippen LogP contribution in [0.1, 0.15) is 296 Å². The van der Waals surface area contributed by atoms with Crippen molar-refractivity contribution < 1.29 is 42.1 Å². The highest BCUT2D eigenvalue weighted by molar-refractivity contribution is 7.45. The van der Waals surface area contributed by atoms with E-state index in [1.54, 1.807) is 0 Å². The van der Waals surface area contributed by atoms with E-state index >= 15 is 0 Å². The van der Waals surface area contributed by atoms with Crippen molar-refractivity contribution in [2.24, 2.45) is 0 Å². The van der Waals surface area contributed by atoms with E-state index < -0.39 is 32.5 Å². The first-order chi connectivity index (χ1) is 47.0. The molecule has 0 aliphatic heterocycles. The van der Waals surface area contributed by atoms with Gasteiger partial charge in [-0.05, 0) is 135 Å². The molecule has 0 aliphatic rings. The van der Waals surface area contributed by atoms with Crippen molar-refractivity contribution in [1.29, 1.82) is 0 Å². The van der Waals surface area contributed by atoms with Crippen molar-refractivity contribution in [2.75, 3.05) is 47.5 Å². The van der Waals surface area contributed by atoms with Gasteiger partial charge in [0.2, 0.25) is 0 Å². The van der Waals surface area contributed by atoms with Crippen LogP contribution in [0.5, 0.6) is 0 Å². The molecule has 0 N–H and O–H groups in total. The fraction of sp³-hybridized carbons (Fsp3) is 0.628. The van der Waals surface area contributed by atoms with Crippen LogP contribution in [0.2, 0.25) is 0 Å². The molecule has 96 heavy (non-hydrogen) atoms. The Morgan fingerprint density at radius 3 is 0.844 bits per heavy atom. The highest BCUT2D eigenvalue weighted by Gasteiger charge is 2.22. The first-order valence-electron chi connectivity index (χ1n) is 38.5. The van der Waals surface area contributed by atoms with Crippen molar-refractivity contribution in [3.8, 4) is 0 Å². The lowest BCUT2D eigenvalue weighted by Gasteiger charge is -2.28. The second-order valence-electron chi connectivity index (χ2n) is 26.3. The number of carbonyl (C=O) groups excluding carboxylic acids is 2. The zero-order chi connectivity index (χ0) is 69.7. The summed E-state index contributed by atoms with van der Waals surface area (Å²) in [6, 6.07) is 0. The third-order valence-corrected chi connectivity index (χ3v) is 16.9. The van der Waals surface area contributed by atoms with E-state index in [1.807, 2.05) is 21.1 Å². The zero-order valence-corrected chi connectivity index (χ0v) is 62.9. The number of phosphoric acid groups is 1. The van der Waals surface area contributed by atoms with Crippen molar-refractivity contribution in [3.05, 3.63) is 182 Å². The van der Waals surface area contributed by atoms with Crippen LogP contribution in [0, 0.1) is 0 Å². The Kier molecular flexibility index (Phi) is 70.5. The van der Waals surface area contributed by atoms with Gasteiger partial charge in [0.1, 0.15) is 19.8 Å². The standard InChI is InChI=1S/C86H142NO8P/c1-6-8-10-12-14-16-18-20-22-24-26-28-30-32-34-36-38-39-40-41-42-43-44-45-46-47-49-50-52-54-56-58-60-62-64-66-68-70-72-74-76-78-85(88)92-82-84(83-94-96(90,91)93-81-80-87(3,4)5)95-86(89)79-77-75-73-71-69-67-65-63-61-59-57-55-53-51-48-37-35-33-31-29-27-25-23-21-19-17-15-13-11-9-7-2/h8-11,14-17,20-23,26-29,32-35,38-39,48,51,55,57,61,63,67,69,84H,6-7,12-13,18-19,24-25,30-31,36-37,40-47,49-50,52-54,56,58-60,62,64-66,68,70-83H2,1-5H3/b10-8-,11-9-,16-14-,17-15-,22-20-,23-21-,28-26-,29-27-,34-32-,35-33-,39-38-,51-48-,57-55-,63-61-,69-67-. The van der Waals surface area contributed by atoms with E-state index in [0.717, 1.165) is 135 Å². The second-order valence-corrected chi connectivity index (χ2v) is 27.7. The number of rotatable bonds is 69. The van der Waals surface area contributed by atoms with Crippen molar-refractivity contribution in [1.82, 2.24) is 0 Å². The topological polar surface area (TPSA) is 111 Å². The van der Waals surface area contributed by atoms with Gasteiger partial charge in [0.25, 0.3) is 7.82 Å². The number of quaternary nitrogens is 1. The largest absolute Gasteiger partial charge is 0.756 e. The van der Waals surface area contributed by atoms with E-state index in [2.05, 4.69) is 196 Å². The molecule has 0 fully saturated rings. The predicted molar refractivity (Wildman–Crippen MR) is 415 cm³/mol. The second kappa shape index (κ2) is 74.3. The summed E-state index contributed by atoms with van der Waals surface area (Å²) in [4.78, 5) is 38.1. The molecule has 0 aliphatic carbocycles. The molecule has 0 saturated heterocycles. The van der Waals surface area contributed by atoms with Crippen LogP contribution in [0.4, 0.5) is 0 Å². The molecule has 0 bridgehead atoms. The maximum atomic E-state index is 12.9. The molecule has 0 heterocycles. The number of unbranched alkanes of at least 4 members (excludes halogenated alkanes) is 25. The highest BCUT2D eigenvalue weighted by Crippen LogP contribution is 2.38. The average molecular weight is 1350 g/mol. The summed E-state index contributed by atoms with van der Waals surface area (Å²) < 4.78 is 34.3. The molecule has 0 saturated carbocycles. The zero-order valence-electron chi connectivity index (χ0n) is 62.0. The molecule has 9 nitrogen and oxygen atoms in total. The summed E-state index contributed by atoms with van der Waals surface area (Å²) in [5, 5.41) is 0. The molecule has 0 amide bonds. The fourth-order valence-corrected chi connectivity index (χ4v) is 10.9. The van der Waals surface area contributed by atoms with Crippen molar-refractivity contribution in [2.45, 2.75) is 302 Å². The number of phosphoric ester groups is 1. The number of likely N-dealkylation sites (N-methyl/N-ethyl adjacent to an activating group) is 1. The number of nitrogens with zero attached hydrogens (tertiary/aromatic N) is 1. The molecule has 0 rings (SSSR count). The van der Waals surface area contributed by atoms with Crippen LogP contribution >= 0.6 is 7.82 Å². The van der Waals surface area contributed by atoms with Gasteiger partial charge in [-0.25, -0.2) is 0 Å². The lowest BCUT2D eigenvalue weighted by molar-refractivity contribution is -0.870. The Morgan fingerprint density at radius 2 is 0.562 bits per heavy atom. The monoisotopic (exact) mass is 1350 g/mol. The molecule has 10 heteroatoms. The summed E-state index contributed by atoms with van der Waals surface area (Å²) in [6.07, 6.45) is 114. The summed E-state index contributed by atoms with van der Waals surface area (Å²) in [5.74, 6) is -0.875. The van der Waals surface area contributed by atoms with Crippen LogP contribution in [0.25, 0.3) is 0 Å². The molecule has 0 aromatic heterocycles. The van der Waals surface area contributed by atoms with Crippen LogP contribution in [0.15, 0.2) is 182 Å². The molecule has 0 spiro atoms. The van der Waals surface area contributed by atoms with Gasteiger partial charge in [0.05, 0.1) is 27.7 Å². The summed E-state index contributed by atoms with van der Waals surface area (Å²) in [5.41, 5.74) is 0. The minimum Gasteiger partial charge on any atom is -0.756 e. The predicted octanol–water partition coefficient (Wildman–Crippen LogP) is 25.2. The highest BCUT2D eigenvalue weighted by atomic mass is 31.2. The summed E-state index contributed by atoms with van der Waals surface area (Å²) >= 11 is 0. The van der Waals surface area contributed by atoms with Crippen LogP contribution in [-0.2, 0) is 32.7 Å². The maximum Gasteiger partial charge on any atom is 0.306 e. The molecule has 2 unspecified atom stereocenters. The van der Waals surface area contributed by atoms with Gasteiger partial charge in [-0.3, -0.25) is 14.2 Å². The quantitative estimate of drug-likeness (QED) is 0.0195. The van der Waals surface area contributed by atoms with E-state index in [4.69, 9.17) is 18.5 Å². The van der Waals surface area contributed by atoms with Crippen LogP contribution < -0.4 is 4.89 Å². The normalized spacial score (nSPS) is 14.1. The SMILES string of the molecule is CC/C=C\C/C=C\C/C=C\C/C=C\C/C=C\C/C=C\C/C=C\C/C=C\C/C=C\CCCCCC(=O)OC(COC(=O)CCCCCCCCCCCCCCCCCCCCCCCC/C=C\C/C=C\C/C=C\C/C=C\C/C=C\C/C=C\CC)COP(=O)([O-])OCC[N+](C)(C)C. The van der Waals surface area contributed by atoms with Gasteiger partial charge in [0.15, 0.2) is 6.10 Å². The minimum atomic E-state index is -4.67. The smallest absolute Gasteiger partial charge is 0.306 e. The van der Waals surface area contributed by atoms with Crippen molar-refractivity contribution in [3.63, 3.8) is 0 Å². The van der Waals surface area contributed by atoms with E-state index in [1.165, 1.54) is 128 Å². The molecule has 2 atom stereocenters. The Hall–Kier alpha value is -4.89. The Balaban J connectivity index is 4.05. The first-order valence-corrected chi connectivity index (χ1v) is 40.0. The number of hydrogen-bond donors (Lipinski definition) is 0. The van der Waals surface area contributed by atoms with Gasteiger partial charge < -0.3 is 27.9 Å². The molecule has 544 valence electrons. The molecule has 0 aromatic carbocycles. The third-order valence-electron chi connectivity index (χ3n) is 15.9. The van der Waals surface area contributed by atoms with Gasteiger partial charge in [-0.2, -0.15) is 0 Å². The van der Waals surface area contributed by atoms with E-state index in [9.17, 15) is 19.0 Å². The van der Waals surface area contributed by atoms with E-state index in [-0.39, 0.29) is 26.1 Å². The number of hydrogen-bond acceptors (Lipinski definition) is 8. The molecule has 0 radical (unpaired) electrons. The van der Waals surface area contributed by atoms with Gasteiger partial charge in [0, 0.05) is 12.8 Å². The molecular weight excluding hydrogens is 1210 g/mol. The number of carbonyl (C=O) groups is 2. The fourth-order valence-electron chi connectivity index (χ4n) is 10.1. The van der Waals surface area contributed by atoms with Gasteiger partial charge in [-0.15, -0.1) is 0 Å². The number of esters is 2. The lowest BCUT2D eigenvalue weighted by atomic mass is 10.0. The summed E-state index contributed by atoms with van der Waals surface area (Å²) in [7, 11) is 1.13. The first kappa shape index (κ1) is 91.1. The minimum absolute atomic E-state index is 0.0454. The number of allylic oxidation sites excluding steroid dienone is 30. The maximum absolute atomic E-state index is 12.9. The van der Waals surface area contributed by atoms with E-state index in [0.29, 0.717) is 17.4 Å². The van der Waals surface area contributed by atoms with Crippen molar-refractivity contribution >= 4 is 19.8 Å². The van der Waals surface area contributed by atoms with Crippen LogP contribution in [-0.4, -0.2) is 70.0 Å². The summed E-state index contributed by atoms with van der Waals surface area (Å²) in [6.45, 7) is 3.97. The van der Waals surface area contributed by atoms with Gasteiger partial charge in [-0.1, -0.05) is 331 Å². The number of ether oxygens (including phenoxy) is 2. The van der Waals surface area contributed by atoms with Gasteiger partial charge >= 0.3 is 11.9 Å². The Labute approximate surface area is 591 Å². The molecular formula is C86H142NO8P. The lowest BCUT2D eigenvalue weighted by Crippen LogP contribution is -2.37. The molecule has 0 aromatic rings.